The fourth-order valence-electron chi connectivity index (χ4n) is 2.87. The van der Waals surface area contributed by atoms with Gasteiger partial charge < -0.3 is 5.32 Å². The maximum atomic E-state index is 12.4. The Hall–Kier alpha value is -3.48. The highest BCUT2D eigenvalue weighted by Crippen LogP contribution is 2.17. The fourth-order valence-corrected chi connectivity index (χ4v) is 2.87. The Kier molecular flexibility index (Phi) is 5.84. The first-order valence-electron chi connectivity index (χ1n) is 9.14. The molecule has 0 bridgehead atoms. The van der Waals surface area contributed by atoms with Crippen LogP contribution in [-0.2, 0) is 16.1 Å². The van der Waals surface area contributed by atoms with Gasteiger partial charge in [-0.1, -0.05) is 43.7 Å². The Balaban J connectivity index is 1.65. The van der Waals surface area contributed by atoms with Crippen LogP contribution < -0.4 is 5.32 Å². The maximum Gasteiger partial charge on any atom is 0.334 e. The van der Waals surface area contributed by atoms with E-state index in [1.165, 1.54) is 0 Å². The normalized spacial score (nSPS) is 14.0. The highest BCUT2D eigenvalue weighted by atomic mass is 16.2. The Morgan fingerprint density at radius 2 is 1.54 bits per heavy atom. The molecule has 7 nitrogen and oxygen atoms in total. The predicted molar refractivity (Wildman–Crippen MR) is 103 cm³/mol. The summed E-state index contributed by atoms with van der Waals surface area (Å²) < 4.78 is 0. The van der Waals surface area contributed by atoms with E-state index in [0.29, 0.717) is 23.2 Å². The van der Waals surface area contributed by atoms with Gasteiger partial charge in [0.25, 0.3) is 5.91 Å². The van der Waals surface area contributed by atoms with Crippen LogP contribution in [0.15, 0.2) is 54.6 Å². The molecule has 0 unspecified atom stereocenters. The number of hydrogen-bond acceptors (Lipinski definition) is 4. The van der Waals surface area contributed by atoms with E-state index in [-0.39, 0.29) is 19.0 Å². The second kappa shape index (κ2) is 8.47. The number of anilines is 1. The summed E-state index contributed by atoms with van der Waals surface area (Å²) in [6.45, 7) is 2.18. The monoisotopic (exact) mass is 379 g/mol. The molecule has 0 aliphatic carbocycles. The lowest BCUT2D eigenvalue weighted by atomic mass is 10.1. The van der Waals surface area contributed by atoms with Gasteiger partial charge in [-0.3, -0.25) is 24.2 Å². The molecule has 1 heterocycles. The second-order valence-electron chi connectivity index (χ2n) is 6.50. The average Bonchev–Trinajstić information content (AvgIpc) is 2.91. The quantitative estimate of drug-likeness (QED) is 0.592. The minimum atomic E-state index is -0.813. The van der Waals surface area contributed by atoms with Gasteiger partial charge in [0.1, 0.15) is 0 Å². The van der Waals surface area contributed by atoms with Crippen LogP contribution in [0.5, 0.6) is 0 Å². The van der Waals surface area contributed by atoms with E-state index < -0.39 is 17.8 Å². The Labute approximate surface area is 162 Å². The van der Waals surface area contributed by atoms with Crippen LogP contribution in [0.3, 0.4) is 0 Å². The molecule has 1 aliphatic rings. The number of rotatable bonds is 7. The third-order valence-corrected chi connectivity index (χ3v) is 4.46. The van der Waals surface area contributed by atoms with Crippen LogP contribution >= 0.6 is 0 Å². The number of para-hydroxylation sites is 1. The molecule has 2 aromatic rings. The molecule has 2 aromatic carbocycles. The number of nitrogens with one attached hydrogen (secondary N) is 1. The average molecular weight is 379 g/mol. The Morgan fingerprint density at radius 1 is 0.893 bits per heavy atom. The van der Waals surface area contributed by atoms with Crippen LogP contribution in [0, 0.1) is 0 Å². The minimum Gasteiger partial charge on any atom is -0.322 e. The zero-order chi connectivity index (χ0) is 20.1. The zero-order valence-corrected chi connectivity index (χ0v) is 15.6. The van der Waals surface area contributed by atoms with Crippen molar-refractivity contribution in [3.05, 3.63) is 65.7 Å². The number of carbonyl (C=O) groups excluding carboxylic acids is 4. The summed E-state index contributed by atoms with van der Waals surface area (Å²) in [5, 5.41) is 2.79. The first-order valence-corrected chi connectivity index (χ1v) is 9.14. The van der Waals surface area contributed by atoms with Gasteiger partial charge in [-0.2, -0.15) is 0 Å². The molecule has 1 aliphatic heterocycles. The van der Waals surface area contributed by atoms with Gasteiger partial charge >= 0.3 is 17.8 Å². The summed E-state index contributed by atoms with van der Waals surface area (Å²) in [6, 6.07) is 15.1. The Morgan fingerprint density at radius 3 is 2.18 bits per heavy atom. The lowest BCUT2D eigenvalue weighted by Gasteiger charge is -2.15. The van der Waals surface area contributed by atoms with Crippen molar-refractivity contribution < 1.29 is 19.2 Å². The second-order valence-corrected chi connectivity index (χ2v) is 6.50. The first kappa shape index (κ1) is 19.3. The van der Waals surface area contributed by atoms with Crippen molar-refractivity contribution in [1.29, 1.82) is 0 Å². The lowest BCUT2D eigenvalue weighted by molar-refractivity contribution is -0.143. The SMILES string of the molecule is CCCCN1C(=O)C(=O)N(Cc2ccc(C(=O)Nc3ccccc3)cc2)C1=O. The van der Waals surface area contributed by atoms with Gasteiger partial charge in [0.2, 0.25) is 0 Å². The number of unbranched alkanes of at least 4 members (excludes halogenated alkanes) is 1. The van der Waals surface area contributed by atoms with Gasteiger partial charge in [0.05, 0.1) is 6.54 Å². The molecular formula is C21H21N3O4. The molecule has 3 rings (SSSR count). The van der Waals surface area contributed by atoms with Gasteiger partial charge in [-0.15, -0.1) is 0 Å². The maximum absolute atomic E-state index is 12.4. The molecule has 28 heavy (non-hydrogen) atoms. The third kappa shape index (κ3) is 4.09. The van der Waals surface area contributed by atoms with Gasteiger partial charge in [-0.05, 0) is 36.2 Å². The van der Waals surface area contributed by atoms with Crippen molar-refractivity contribution in [3.63, 3.8) is 0 Å². The zero-order valence-electron chi connectivity index (χ0n) is 15.6. The smallest absolute Gasteiger partial charge is 0.322 e. The molecular weight excluding hydrogens is 358 g/mol. The number of hydrogen-bond donors (Lipinski definition) is 1. The van der Waals surface area contributed by atoms with E-state index in [2.05, 4.69) is 5.32 Å². The lowest BCUT2D eigenvalue weighted by Crippen LogP contribution is -2.33. The van der Waals surface area contributed by atoms with E-state index in [1.54, 1.807) is 36.4 Å². The largest absolute Gasteiger partial charge is 0.334 e. The van der Waals surface area contributed by atoms with Gasteiger partial charge in [0.15, 0.2) is 0 Å². The molecule has 0 saturated carbocycles. The van der Waals surface area contributed by atoms with Crippen molar-refractivity contribution in [2.45, 2.75) is 26.3 Å². The summed E-state index contributed by atoms with van der Waals surface area (Å²) in [4.78, 5) is 50.7. The molecule has 0 radical (unpaired) electrons. The van der Waals surface area contributed by atoms with Crippen molar-refractivity contribution in [2.24, 2.45) is 0 Å². The predicted octanol–water partition coefficient (Wildman–Crippen LogP) is 3.03. The number of imide groups is 2. The van der Waals surface area contributed by atoms with E-state index in [1.807, 2.05) is 25.1 Å². The molecule has 144 valence electrons. The Bertz CT molecular complexity index is 894. The minimum absolute atomic E-state index is 0.00733. The van der Waals surface area contributed by atoms with Crippen molar-refractivity contribution >= 4 is 29.4 Å². The fraction of sp³-hybridized carbons (Fsp3) is 0.238. The number of nitrogens with zero attached hydrogens (tertiary/aromatic N) is 2. The molecule has 0 spiro atoms. The third-order valence-electron chi connectivity index (χ3n) is 4.46. The van der Waals surface area contributed by atoms with E-state index in [4.69, 9.17) is 0 Å². The topological polar surface area (TPSA) is 86.8 Å². The highest BCUT2D eigenvalue weighted by Gasteiger charge is 2.43. The summed E-state index contributed by atoms with van der Waals surface area (Å²) in [5.41, 5.74) is 1.80. The number of amides is 5. The van der Waals surface area contributed by atoms with Crippen LogP contribution in [0.2, 0.25) is 0 Å². The number of benzene rings is 2. The summed E-state index contributed by atoms with van der Waals surface area (Å²) in [5.74, 6) is -1.85. The van der Waals surface area contributed by atoms with Crippen molar-refractivity contribution in [1.82, 2.24) is 9.80 Å². The number of carbonyl (C=O) groups is 4. The van der Waals surface area contributed by atoms with Gasteiger partial charge in [-0.25, -0.2) is 4.79 Å². The van der Waals surface area contributed by atoms with Crippen LogP contribution in [0.25, 0.3) is 0 Å². The molecule has 1 N–H and O–H groups in total. The highest BCUT2D eigenvalue weighted by molar-refractivity contribution is 6.44. The summed E-state index contributed by atoms with van der Waals surface area (Å²) in [6.07, 6.45) is 1.47. The molecule has 5 amide bonds. The van der Waals surface area contributed by atoms with Crippen LogP contribution in [0.4, 0.5) is 10.5 Å². The molecule has 7 heteroatoms. The van der Waals surface area contributed by atoms with Crippen LogP contribution in [0.1, 0.15) is 35.7 Å². The van der Waals surface area contributed by atoms with E-state index in [9.17, 15) is 19.2 Å². The molecule has 1 saturated heterocycles. The standard InChI is InChI=1S/C21H21N3O4/c1-2-3-13-23-19(26)20(27)24(21(23)28)14-15-9-11-16(12-10-15)18(25)22-17-7-5-4-6-8-17/h4-12H,2-3,13-14H2,1H3,(H,22,25). The van der Waals surface area contributed by atoms with E-state index >= 15 is 0 Å². The molecule has 1 fully saturated rings. The molecule has 0 aromatic heterocycles. The van der Waals surface area contributed by atoms with Crippen molar-refractivity contribution in [3.8, 4) is 0 Å². The van der Waals surface area contributed by atoms with Crippen LogP contribution in [-0.4, -0.2) is 40.1 Å². The van der Waals surface area contributed by atoms with Gasteiger partial charge in [0, 0.05) is 17.8 Å². The van der Waals surface area contributed by atoms with E-state index in [0.717, 1.165) is 16.2 Å². The first-order chi connectivity index (χ1) is 13.5. The summed E-state index contributed by atoms with van der Waals surface area (Å²) >= 11 is 0. The summed E-state index contributed by atoms with van der Waals surface area (Å²) in [7, 11) is 0. The number of urea groups is 1. The van der Waals surface area contributed by atoms with Crippen molar-refractivity contribution in [2.75, 3.05) is 11.9 Å². The molecule has 0 atom stereocenters.